The van der Waals surface area contributed by atoms with Crippen LogP contribution in [0.3, 0.4) is 0 Å². The van der Waals surface area contributed by atoms with Crippen molar-refractivity contribution in [2.45, 2.75) is 17.7 Å². The van der Waals surface area contributed by atoms with Crippen LogP contribution in [0.15, 0.2) is 53.7 Å². The maximum Gasteiger partial charge on any atom is 0.238 e. The van der Waals surface area contributed by atoms with Gasteiger partial charge in [0.25, 0.3) is 0 Å². The zero-order chi connectivity index (χ0) is 21.3. The number of nitrogens with two attached hydrogens (primary N) is 1. The minimum atomic E-state index is -3.78. The summed E-state index contributed by atoms with van der Waals surface area (Å²) < 4.78 is 37.0. The summed E-state index contributed by atoms with van der Waals surface area (Å²) in [5, 5.41) is 8.27. The molecule has 1 aromatic heterocycles. The molecule has 1 aliphatic heterocycles. The third-order valence-electron chi connectivity index (χ3n) is 5.21. The molecular formula is C20H20FN5O3S. The molecule has 0 aliphatic carbocycles. The molecule has 0 bridgehead atoms. The fourth-order valence-corrected chi connectivity index (χ4v) is 4.13. The molecule has 8 nitrogen and oxygen atoms in total. The number of nitrogens with zero attached hydrogens (tertiary/aromatic N) is 3. The Bertz CT molecular complexity index is 1190. The van der Waals surface area contributed by atoms with Crippen LogP contribution in [0.1, 0.15) is 12.8 Å². The Morgan fingerprint density at radius 1 is 1.10 bits per heavy atom. The highest BCUT2D eigenvalue weighted by atomic mass is 32.2. The molecule has 0 saturated carbocycles. The van der Waals surface area contributed by atoms with Crippen LogP contribution in [-0.4, -0.2) is 37.4 Å². The number of halogens is 1. The molecule has 3 aromatic rings. The average Bonchev–Trinajstić information content (AvgIpc) is 2.73. The lowest BCUT2D eigenvalue weighted by Crippen LogP contribution is -2.38. The summed E-state index contributed by atoms with van der Waals surface area (Å²) in [7, 11) is -3.78. The standard InChI is InChI=1S/C20H20FN5O3S/c21-16-2-1-3-17-18(16)19(24-12-23-17)26-10-8-13(9-11-26)20(27)25-14-4-6-15(7-5-14)30(22,28)29/h1-7,12-13H,8-11H2,(H,25,27)(H2,22,28,29). The maximum atomic E-state index is 14.3. The Morgan fingerprint density at radius 2 is 1.80 bits per heavy atom. The first-order chi connectivity index (χ1) is 14.3. The van der Waals surface area contributed by atoms with Crippen molar-refractivity contribution in [1.29, 1.82) is 0 Å². The number of amides is 1. The lowest BCUT2D eigenvalue weighted by Gasteiger charge is -2.32. The van der Waals surface area contributed by atoms with Crippen molar-refractivity contribution in [2.24, 2.45) is 11.1 Å². The van der Waals surface area contributed by atoms with Gasteiger partial charge in [-0.3, -0.25) is 4.79 Å². The van der Waals surface area contributed by atoms with Gasteiger partial charge in [-0.05, 0) is 49.2 Å². The molecule has 2 heterocycles. The van der Waals surface area contributed by atoms with Crippen LogP contribution < -0.4 is 15.4 Å². The summed E-state index contributed by atoms with van der Waals surface area (Å²) >= 11 is 0. The van der Waals surface area contributed by atoms with E-state index in [0.717, 1.165) is 0 Å². The molecule has 1 amide bonds. The van der Waals surface area contributed by atoms with Gasteiger partial charge in [0.2, 0.25) is 15.9 Å². The van der Waals surface area contributed by atoms with E-state index < -0.39 is 10.0 Å². The molecule has 0 spiro atoms. The number of hydrogen-bond donors (Lipinski definition) is 2. The van der Waals surface area contributed by atoms with E-state index in [0.29, 0.717) is 48.3 Å². The Morgan fingerprint density at radius 3 is 2.47 bits per heavy atom. The van der Waals surface area contributed by atoms with Gasteiger partial charge in [-0.15, -0.1) is 0 Å². The Labute approximate surface area is 173 Å². The van der Waals surface area contributed by atoms with Crippen molar-refractivity contribution >= 4 is 38.3 Å². The molecule has 0 atom stereocenters. The third-order valence-corrected chi connectivity index (χ3v) is 6.14. The molecule has 0 radical (unpaired) electrons. The summed E-state index contributed by atoms with van der Waals surface area (Å²) in [6, 6.07) is 10.4. The number of nitrogens with one attached hydrogen (secondary N) is 1. The van der Waals surface area contributed by atoms with Crippen LogP contribution in [0.4, 0.5) is 15.9 Å². The van der Waals surface area contributed by atoms with E-state index in [9.17, 15) is 17.6 Å². The number of anilines is 2. The number of aromatic nitrogens is 2. The van der Waals surface area contributed by atoms with Crippen LogP contribution in [0.2, 0.25) is 0 Å². The van der Waals surface area contributed by atoms with E-state index in [4.69, 9.17) is 5.14 Å². The largest absolute Gasteiger partial charge is 0.356 e. The van der Waals surface area contributed by atoms with Crippen molar-refractivity contribution in [3.8, 4) is 0 Å². The summed E-state index contributed by atoms with van der Waals surface area (Å²) in [4.78, 5) is 22.9. The first-order valence-electron chi connectivity index (χ1n) is 9.41. The molecule has 3 N–H and O–H groups in total. The highest BCUT2D eigenvalue weighted by Crippen LogP contribution is 2.29. The second-order valence-electron chi connectivity index (χ2n) is 7.15. The topological polar surface area (TPSA) is 118 Å². The van der Waals surface area contributed by atoms with Crippen LogP contribution in [0, 0.1) is 11.7 Å². The molecule has 1 fully saturated rings. The van der Waals surface area contributed by atoms with Gasteiger partial charge >= 0.3 is 0 Å². The van der Waals surface area contributed by atoms with Gasteiger partial charge in [0.15, 0.2) is 0 Å². The second kappa shape index (κ2) is 7.96. The maximum absolute atomic E-state index is 14.3. The lowest BCUT2D eigenvalue weighted by atomic mass is 9.95. The quantitative estimate of drug-likeness (QED) is 0.657. The smallest absolute Gasteiger partial charge is 0.238 e. The van der Waals surface area contributed by atoms with E-state index in [1.54, 1.807) is 12.1 Å². The van der Waals surface area contributed by atoms with E-state index >= 15 is 0 Å². The van der Waals surface area contributed by atoms with Crippen LogP contribution in [-0.2, 0) is 14.8 Å². The number of primary sulfonamides is 1. The molecule has 156 valence electrons. The van der Waals surface area contributed by atoms with Gasteiger partial charge < -0.3 is 10.2 Å². The van der Waals surface area contributed by atoms with Gasteiger partial charge in [0.1, 0.15) is 18.0 Å². The van der Waals surface area contributed by atoms with Crippen molar-refractivity contribution < 1.29 is 17.6 Å². The van der Waals surface area contributed by atoms with Crippen molar-refractivity contribution in [1.82, 2.24) is 9.97 Å². The predicted molar refractivity (Wildman–Crippen MR) is 111 cm³/mol. The highest BCUT2D eigenvalue weighted by molar-refractivity contribution is 7.89. The van der Waals surface area contributed by atoms with E-state index in [2.05, 4.69) is 15.3 Å². The number of piperidine rings is 1. The van der Waals surface area contributed by atoms with Gasteiger partial charge in [-0.1, -0.05) is 6.07 Å². The zero-order valence-electron chi connectivity index (χ0n) is 16.0. The molecule has 4 rings (SSSR count). The fraction of sp³-hybridized carbons (Fsp3) is 0.250. The Balaban J connectivity index is 1.42. The summed E-state index contributed by atoms with van der Waals surface area (Å²) in [5.41, 5.74) is 1.04. The Hall–Kier alpha value is -3.11. The molecule has 1 aliphatic rings. The minimum absolute atomic E-state index is 0.0156. The average molecular weight is 429 g/mol. The summed E-state index contributed by atoms with van der Waals surface area (Å²) in [5.74, 6) is -0.185. The molecule has 1 saturated heterocycles. The molecular weight excluding hydrogens is 409 g/mol. The van der Waals surface area contributed by atoms with Gasteiger partial charge in [0, 0.05) is 24.7 Å². The van der Waals surface area contributed by atoms with Crippen LogP contribution in [0.5, 0.6) is 0 Å². The number of benzene rings is 2. The van der Waals surface area contributed by atoms with Crippen molar-refractivity contribution in [3.63, 3.8) is 0 Å². The molecule has 10 heteroatoms. The number of carbonyl (C=O) groups excluding carboxylic acids is 1. The fourth-order valence-electron chi connectivity index (χ4n) is 3.62. The summed E-state index contributed by atoms with van der Waals surface area (Å²) in [6.07, 6.45) is 2.59. The SMILES string of the molecule is NS(=O)(=O)c1ccc(NC(=O)C2CCN(c3ncnc4cccc(F)c34)CC2)cc1. The zero-order valence-corrected chi connectivity index (χ0v) is 16.8. The molecule has 0 unspecified atom stereocenters. The second-order valence-corrected chi connectivity index (χ2v) is 8.71. The molecule has 30 heavy (non-hydrogen) atoms. The van der Waals surface area contributed by atoms with E-state index in [1.165, 1.54) is 36.7 Å². The van der Waals surface area contributed by atoms with Gasteiger partial charge in [-0.2, -0.15) is 0 Å². The first kappa shape index (κ1) is 20.2. The number of rotatable bonds is 4. The van der Waals surface area contributed by atoms with E-state index in [1.807, 2.05) is 4.90 Å². The summed E-state index contributed by atoms with van der Waals surface area (Å²) in [6.45, 7) is 1.12. The lowest BCUT2D eigenvalue weighted by molar-refractivity contribution is -0.120. The first-order valence-corrected chi connectivity index (χ1v) is 11.0. The monoisotopic (exact) mass is 429 g/mol. The minimum Gasteiger partial charge on any atom is -0.356 e. The van der Waals surface area contributed by atoms with E-state index in [-0.39, 0.29) is 22.5 Å². The van der Waals surface area contributed by atoms with Gasteiger partial charge in [-0.25, -0.2) is 27.9 Å². The van der Waals surface area contributed by atoms with Crippen LogP contribution in [0.25, 0.3) is 10.9 Å². The number of carbonyl (C=O) groups is 1. The number of hydrogen-bond acceptors (Lipinski definition) is 6. The highest BCUT2D eigenvalue weighted by Gasteiger charge is 2.27. The van der Waals surface area contributed by atoms with Crippen molar-refractivity contribution in [3.05, 3.63) is 54.6 Å². The Kier molecular flexibility index (Phi) is 5.35. The normalized spacial score (nSPS) is 15.3. The number of fused-ring (bicyclic) bond motifs is 1. The number of sulfonamides is 1. The predicted octanol–water partition coefficient (Wildman–Crippen LogP) is 2.27. The molecule has 2 aromatic carbocycles. The van der Waals surface area contributed by atoms with Crippen LogP contribution >= 0.6 is 0 Å². The van der Waals surface area contributed by atoms with Gasteiger partial charge in [0.05, 0.1) is 15.8 Å². The third kappa shape index (κ3) is 4.10. The van der Waals surface area contributed by atoms with Crippen molar-refractivity contribution in [2.75, 3.05) is 23.3 Å².